The Morgan fingerprint density at radius 1 is 1.41 bits per heavy atom. The van der Waals surface area contributed by atoms with Crippen molar-refractivity contribution in [2.75, 3.05) is 6.61 Å². The third-order valence-electron chi connectivity index (χ3n) is 2.94. The highest BCUT2D eigenvalue weighted by Crippen LogP contribution is 2.38. The first-order valence-electron chi connectivity index (χ1n) is 5.90. The Labute approximate surface area is 122 Å². The van der Waals surface area contributed by atoms with Crippen LogP contribution in [0.3, 0.4) is 0 Å². The second-order valence-corrected chi connectivity index (χ2v) is 5.65. The minimum Gasteiger partial charge on any atom is -0.391 e. The lowest BCUT2D eigenvalue weighted by atomic mass is 10.1. The summed E-state index contributed by atoms with van der Waals surface area (Å²) in [6.45, 7) is -0.675. The number of nitrogens with zero attached hydrogens (tertiary/aromatic N) is 2. The molecular formula is C9H14N3O9P. The molecule has 0 saturated carbocycles. The predicted molar refractivity (Wildman–Crippen MR) is 67.2 cm³/mol. The van der Waals surface area contributed by atoms with E-state index in [1.807, 2.05) is 0 Å². The van der Waals surface area contributed by atoms with Gasteiger partial charge in [0.25, 0.3) is 0 Å². The molecule has 1 fully saturated rings. The van der Waals surface area contributed by atoms with Gasteiger partial charge in [-0.2, -0.15) is 10.9 Å². The van der Waals surface area contributed by atoms with Gasteiger partial charge in [0, 0.05) is 12.3 Å². The van der Waals surface area contributed by atoms with Gasteiger partial charge in [-0.1, -0.05) is 0 Å². The number of nitrogens with two attached hydrogens (primary N) is 1. The van der Waals surface area contributed by atoms with Gasteiger partial charge in [0.1, 0.15) is 18.3 Å². The lowest BCUT2D eigenvalue weighted by Gasteiger charge is -2.17. The molecule has 1 saturated heterocycles. The Morgan fingerprint density at radius 2 is 2.09 bits per heavy atom. The minimum atomic E-state index is -4.76. The molecule has 0 spiro atoms. The lowest BCUT2D eigenvalue weighted by molar-refractivity contribution is -0.0543. The first-order chi connectivity index (χ1) is 10.2. The van der Waals surface area contributed by atoms with Crippen molar-refractivity contribution in [1.29, 1.82) is 0 Å². The van der Waals surface area contributed by atoms with Crippen LogP contribution >= 0.6 is 7.82 Å². The van der Waals surface area contributed by atoms with Gasteiger partial charge in [-0.15, -0.1) is 0 Å². The summed E-state index contributed by atoms with van der Waals surface area (Å²) in [5.74, 6) is 4.70. The van der Waals surface area contributed by atoms with Crippen LogP contribution in [0.5, 0.6) is 5.88 Å². The summed E-state index contributed by atoms with van der Waals surface area (Å²) < 4.78 is 20.9. The van der Waals surface area contributed by atoms with E-state index >= 15 is 0 Å². The van der Waals surface area contributed by atoms with Crippen molar-refractivity contribution in [2.24, 2.45) is 5.90 Å². The van der Waals surface area contributed by atoms with Crippen molar-refractivity contribution in [3.05, 3.63) is 22.7 Å². The maximum Gasteiger partial charge on any atom is 0.469 e. The maximum atomic E-state index is 11.7. The fourth-order valence-corrected chi connectivity index (χ4v) is 2.26. The molecule has 0 bridgehead atoms. The van der Waals surface area contributed by atoms with E-state index in [-0.39, 0.29) is 5.88 Å². The van der Waals surface area contributed by atoms with Gasteiger partial charge in [0.05, 0.1) is 6.61 Å². The molecule has 12 nitrogen and oxygen atoms in total. The van der Waals surface area contributed by atoms with E-state index in [9.17, 15) is 19.6 Å². The van der Waals surface area contributed by atoms with Crippen molar-refractivity contribution >= 4 is 7.82 Å². The number of rotatable bonds is 5. The normalized spacial score (nSPS) is 28.8. The monoisotopic (exact) mass is 339 g/mol. The average Bonchev–Trinajstić information content (AvgIpc) is 2.72. The van der Waals surface area contributed by atoms with Crippen molar-refractivity contribution in [3.8, 4) is 5.88 Å². The number of phosphoric acid groups is 1. The van der Waals surface area contributed by atoms with Crippen molar-refractivity contribution in [3.63, 3.8) is 0 Å². The summed E-state index contributed by atoms with van der Waals surface area (Å²) in [5, 5.41) is 19.7. The molecule has 0 aromatic carbocycles. The van der Waals surface area contributed by atoms with E-state index in [1.165, 1.54) is 12.3 Å². The van der Waals surface area contributed by atoms with E-state index in [0.29, 0.717) is 0 Å². The molecule has 1 aliphatic rings. The molecule has 0 aliphatic carbocycles. The van der Waals surface area contributed by atoms with Crippen LogP contribution in [0.15, 0.2) is 17.1 Å². The molecule has 1 aliphatic heterocycles. The van der Waals surface area contributed by atoms with Crippen LogP contribution in [0.2, 0.25) is 0 Å². The van der Waals surface area contributed by atoms with Crippen LogP contribution < -0.4 is 16.4 Å². The van der Waals surface area contributed by atoms with E-state index < -0.39 is 44.7 Å². The topological polar surface area (TPSA) is 187 Å². The fourth-order valence-electron chi connectivity index (χ4n) is 1.92. The third-order valence-corrected chi connectivity index (χ3v) is 3.43. The van der Waals surface area contributed by atoms with Crippen LogP contribution in [0.4, 0.5) is 0 Å². The summed E-state index contributed by atoms with van der Waals surface area (Å²) >= 11 is 0. The summed E-state index contributed by atoms with van der Waals surface area (Å²) in [7, 11) is -4.76. The number of aromatic nitrogens is 2. The average molecular weight is 339 g/mol. The molecule has 6 N–H and O–H groups in total. The summed E-state index contributed by atoms with van der Waals surface area (Å²) in [6.07, 6.45) is -4.44. The SMILES string of the molecule is NOc1ccn([C@@H]2O[C@H](COP(=O)(O)O)[C@H](O)[C@@H]2O)c(=O)n1. The quantitative estimate of drug-likeness (QED) is 0.276. The summed E-state index contributed by atoms with van der Waals surface area (Å²) in [6, 6.07) is 1.23. The molecule has 0 unspecified atom stereocenters. The number of hydrogen-bond acceptors (Lipinski definition) is 9. The van der Waals surface area contributed by atoms with Crippen LogP contribution in [0, 0.1) is 0 Å². The highest BCUT2D eigenvalue weighted by atomic mass is 31.2. The van der Waals surface area contributed by atoms with Crippen LogP contribution in [0.25, 0.3) is 0 Å². The number of ether oxygens (including phenoxy) is 1. The molecule has 1 aromatic rings. The van der Waals surface area contributed by atoms with Crippen LogP contribution in [-0.4, -0.2) is 54.5 Å². The zero-order valence-corrected chi connectivity index (χ0v) is 11.8. The first kappa shape index (κ1) is 17.0. The fraction of sp³-hybridized carbons (Fsp3) is 0.556. The molecule has 22 heavy (non-hydrogen) atoms. The molecule has 1 aromatic heterocycles. The van der Waals surface area contributed by atoms with Crippen molar-refractivity contribution < 1.29 is 38.7 Å². The molecule has 4 atom stereocenters. The predicted octanol–water partition coefficient (Wildman–Crippen LogP) is -2.78. The largest absolute Gasteiger partial charge is 0.469 e. The minimum absolute atomic E-state index is 0.157. The molecule has 0 amide bonds. The molecular weight excluding hydrogens is 325 g/mol. The number of aliphatic hydroxyl groups excluding tert-OH is 2. The van der Waals surface area contributed by atoms with Crippen molar-refractivity contribution in [2.45, 2.75) is 24.5 Å². The standard InChI is InChI=1S/C9H14N3O9P/c10-21-5-1-2-12(9(15)11-5)8-7(14)6(13)4(20-8)3-19-22(16,17)18/h1-2,4,6-8,13-14H,3,10H2,(H2,16,17,18)/t4-,6+,7+,8-/m1/s1. The number of phosphoric ester groups is 1. The molecule has 2 rings (SSSR count). The van der Waals surface area contributed by atoms with E-state index in [2.05, 4.69) is 14.3 Å². The van der Waals surface area contributed by atoms with E-state index in [1.54, 1.807) is 0 Å². The molecule has 124 valence electrons. The maximum absolute atomic E-state index is 11.7. The van der Waals surface area contributed by atoms with E-state index in [0.717, 1.165) is 4.57 Å². The zero-order valence-electron chi connectivity index (χ0n) is 10.9. The third kappa shape index (κ3) is 3.69. The summed E-state index contributed by atoms with van der Waals surface area (Å²) in [5.41, 5.74) is -0.865. The van der Waals surface area contributed by atoms with Gasteiger partial charge in [0.15, 0.2) is 6.23 Å². The van der Waals surface area contributed by atoms with Gasteiger partial charge >= 0.3 is 13.5 Å². The van der Waals surface area contributed by atoms with Gasteiger partial charge in [-0.05, 0) is 0 Å². The molecule has 13 heteroatoms. The second kappa shape index (κ2) is 6.40. The van der Waals surface area contributed by atoms with Gasteiger partial charge in [-0.25, -0.2) is 9.36 Å². The van der Waals surface area contributed by atoms with Gasteiger partial charge in [-0.3, -0.25) is 9.09 Å². The Morgan fingerprint density at radius 3 is 2.64 bits per heavy atom. The Balaban J connectivity index is 2.16. The molecule has 2 heterocycles. The van der Waals surface area contributed by atoms with Gasteiger partial charge < -0.3 is 29.6 Å². The van der Waals surface area contributed by atoms with E-state index in [4.69, 9.17) is 20.4 Å². The Kier molecular flexibility index (Phi) is 4.94. The number of hydrogen-bond donors (Lipinski definition) is 5. The smallest absolute Gasteiger partial charge is 0.391 e. The zero-order chi connectivity index (χ0) is 16.5. The summed E-state index contributed by atoms with van der Waals surface area (Å²) in [4.78, 5) is 36.7. The van der Waals surface area contributed by atoms with Crippen molar-refractivity contribution in [1.82, 2.24) is 9.55 Å². The second-order valence-electron chi connectivity index (χ2n) is 4.41. The Hall–Kier alpha value is -1.37. The number of aliphatic hydroxyl groups is 2. The highest BCUT2D eigenvalue weighted by Gasteiger charge is 2.45. The Bertz CT molecular complexity index is 631. The molecule has 0 radical (unpaired) electrons. The highest BCUT2D eigenvalue weighted by molar-refractivity contribution is 7.46. The van der Waals surface area contributed by atoms with Crippen LogP contribution in [-0.2, 0) is 13.8 Å². The van der Waals surface area contributed by atoms with Gasteiger partial charge in [0.2, 0.25) is 5.88 Å². The van der Waals surface area contributed by atoms with Crippen LogP contribution in [0.1, 0.15) is 6.23 Å². The lowest BCUT2D eigenvalue weighted by Crippen LogP contribution is -2.36. The first-order valence-corrected chi connectivity index (χ1v) is 7.43.